The van der Waals surface area contributed by atoms with Gasteiger partial charge < -0.3 is 4.74 Å². The Bertz CT molecular complexity index is 581. The van der Waals surface area contributed by atoms with Crippen LogP contribution < -0.4 is 0 Å². The Morgan fingerprint density at radius 3 is 2.88 bits per heavy atom. The SMILES string of the molecule is CCOC(=O)c1cc(Cl)c2cc(C)ccc2n1. The van der Waals surface area contributed by atoms with Crippen molar-refractivity contribution < 1.29 is 9.53 Å². The van der Waals surface area contributed by atoms with Crippen molar-refractivity contribution in [2.45, 2.75) is 13.8 Å². The van der Waals surface area contributed by atoms with Crippen LogP contribution in [0.4, 0.5) is 0 Å². The summed E-state index contributed by atoms with van der Waals surface area (Å²) >= 11 is 6.13. The molecule has 1 heterocycles. The number of carbonyl (C=O) groups is 1. The fraction of sp³-hybridized carbons (Fsp3) is 0.231. The van der Waals surface area contributed by atoms with Gasteiger partial charge in [-0.2, -0.15) is 0 Å². The van der Waals surface area contributed by atoms with E-state index in [0.29, 0.717) is 17.1 Å². The summed E-state index contributed by atoms with van der Waals surface area (Å²) < 4.78 is 4.90. The third kappa shape index (κ3) is 2.39. The van der Waals surface area contributed by atoms with Gasteiger partial charge in [0.1, 0.15) is 0 Å². The number of rotatable bonds is 2. The molecule has 0 bridgehead atoms. The molecule has 0 spiro atoms. The molecule has 0 aliphatic rings. The number of carbonyl (C=O) groups excluding carboxylic acids is 1. The number of halogens is 1. The summed E-state index contributed by atoms with van der Waals surface area (Å²) in [6.45, 7) is 4.06. The lowest BCUT2D eigenvalue weighted by Gasteiger charge is -2.05. The van der Waals surface area contributed by atoms with Crippen LogP contribution in [0, 0.1) is 6.92 Å². The highest BCUT2D eigenvalue weighted by Gasteiger charge is 2.11. The molecule has 0 aliphatic heterocycles. The standard InChI is InChI=1S/C13H12ClNO2/c1-3-17-13(16)12-7-10(14)9-6-8(2)4-5-11(9)15-12/h4-7H,3H2,1-2H3. The fourth-order valence-corrected chi connectivity index (χ4v) is 1.86. The minimum absolute atomic E-state index is 0.244. The zero-order chi connectivity index (χ0) is 12.4. The Morgan fingerprint density at radius 2 is 2.18 bits per heavy atom. The van der Waals surface area contributed by atoms with Gasteiger partial charge in [0, 0.05) is 5.39 Å². The largest absolute Gasteiger partial charge is 0.461 e. The molecule has 0 aliphatic carbocycles. The highest BCUT2D eigenvalue weighted by molar-refractivity contribution is 6.35. The van der Waals surface area contributed by atoms with Crippen molar-refractivity contribution in [3.05, 3.63) is 40.5 Å². The van der Waals surface area contributed by atoms with Gasteiger partial charge in [-0.1, -0.05) is 23.2 Å². The van der Waals surface area contributed by atoms with Gasteiger partial charge in [0.25, 0.3) is 0 Å². The average Bonchev–Trinajstić information content (AvgIpc) is 2.30. The molecule has 0 atom stereocenters. The van der Waals surface area contributed by atoms with Gasteiger partial charge in [0.05, 0.1) is 17.1 Å². The summed E-state index contributed by atoms with van der Waals surface area (Å²) in [4.78, 5) is 15.8. The maximum Gasteiger partial charge on any atom is 0.356 e. The fourth-order valence-electron chi connectivity index (χ4n) is 1.61. The lowest BCUT2D eigenvalue weighted by atomic mass is 10.1. The van der Waals surface area contributed by atoms with E-state index < -0.39 is 5.97 Å². The van der Waals surface area contributed by atoms with E-state index in [9.17, 15) is 4.79 Å². The second-order valence-corrected chi connectivity index (χ2v) is 4.14. The Labute approximate surface area is 104 Å². The molecule has 0 unspecified atom stereocenters. The number of aryl methyl sites for hydroxylation is 1. The quantitative estimate of drug-likeness (QED) is 0.766. The molecule has 0 saturated heterocycles. The molecule has 2 rings (SSSR count). The molecule has 2 aromatic rings. The van der Waals surface area contributed by atoms with E-state index in [1.54, 1.807) is 13.0 Å². The van der Waals surface area contributed by atoms with Crippen LogP contribution in [0.2, 0.25) is 5.02 Å². The molecule has 1 aromatic carbocycles. The second-order valence-electron chi connectivity index (χ2n) is 3.73. The molecule has 4 heteroatoms. The molecule has 3 nitrogen and oxygen atoms in total. The summed E-state index contributed by atoms with van der Waals surface area (Å²) in [6, 6.07) is 7.26. The monoisotopic (exact) mass is 249 g/mol. The number of hydrogen-bond acceptors (Lipinski definition) is 3. The first-order valence-corrected chi connectivity index (χ1v) is 5.73. The maximum absolute atomic E-state index is 11.6. The highest BCUT2D eigenvalue weighted by atomic mass is 35.5. The van der Waals surface area contributed by atoms with Gasteiger partial charge in [0.15, 0.2) is 5.69 Å². The zero-order valence-electron chi connectivity index (χ0n) is 9.66. The molecule has 0 fully saturated rings. The van der Waals surface area contributed by atoms with E-state index in [0.717, 1.165) is 10.9 Å². The number of ether oxygens (including phenoxy) is 1. The van der Waals surface area contributed by atoms with Gasteiger partial charge in [-0.3, -0.25) is 0 Å². The normalized spacial score (nSPS) is 10.5. The van der Waals surface area contributed by atoms with Crippen LogP contribution in [0.25, 0.3) is 10.9 Å². The van der Waals surface area contributed by atoms with Crippen LogP contribution in [0.5, 0.6) is 0 Å². The van der Waals surface area contributed by atoms with E-state index in [-0.39, 0.29) is 5.69 Å². The lowest BCUT2D eigenvalue weighted by molar-refractivity contribution is 0.0520. The number of pyridine rings is 1. The second kappa shape index (κ2) is 4.72. The molecule has 0 amide bonds. The number of fused-ring (bicyclic) bond motifs is 1. The first kappa shape index (κ1) is 11.9. The molecule has 0 N–H and O–H groups in total. The number of esters is 1. The molecular weight excluding hydrogens is 238 g/mol. The highest BCUT2D eigenvalue weighted by Crippen LogP contribution is 2.24. The van der Waals surface area contributed by atoms with Gasteiger partial charge in [0.2, 0.25) is 0 Å². The van der Waals surface area contributed by atoms with Crippen LogP contribution in [-0.4, -0.2) is 17.6 Å². The van der Waals surface area contributed by atoms with Crippen molar-refractivity contribution in [2.75, 3.05) is 6.61 Å². The Balaban J connectivity index is 2.56. The third-order valence-electron chi connectivity index (χ3n) is 2.40. The smallest absolute Gasteiger partial charge is 0.356 e. The minimum Gasteiger partial charge on any atom is -0.461 e. The summed E-state index contributed by atoms with van der Waals surface area (Å²) in [5.74, 6) is -0.447. The van der Waals surface area contributed by atoms with Crippen molar-refractivity contribution in [1.82, 2.24) is 4.98 Å². The van der Waals surface area contributed by atoms with Crippen molar-refractivity contribution >= 4 is 28.5 Å². The average molecular weight is 250 g/mol. The van der Waals surface area contributed by atoms with Crippen LogP contribution in [0.3, 0.4) is 0 Å². The first-order chi connectivity index (χ1) is 8.11. The summed E-state index contributed by atoms with van der Waals surface area (Å²) in [5.41, 5.74) is 2.05. The number of hydrogen-bond donors (Lipinski definition) is 0. The van der Waals surface area contributed by atoms with Gasteiger partial charge in [-0.15, -0.1) is 0 Å². The Kier molecular flexibility index (Phi) is 3.29. The predicted octanol–water partition coefficient (Wildman–Crippen LogP) is 3.37. The zero-order valence-corrected chi connectivity index (χ0v) is 10.4. The van der Waals surface area contributed by atoms with E-state index in [1.165, 1.54) is 0 Å². The van der Waals surface area contributed by atoms with Crippen molar-refractivity contribution in [3.8, 4) is 0 Å². The number of nitrogens with zero attached hydrogens (tertiary/aromatic N) is 1. The first-order valence-electron chi connectivity index (χ1n) is 5.36. The Morgan fingerprint density at radius 1 is 1.41 bits per heavy atom. The van der Waals surface area contributed by atoms with Crippen LogP contribution in [0.1, 0.15) is 23.0 Å². The van der Waals surface area contributed by atoms with Crippen molar-refractivity contribution in [3.63, 3.8) is 0 Å². The molecule has 88 valence electrons. The molecular formula is C13H12ClNO2. The van der Waals surface area contributed by atoms with Crippen LogP contribution >= 0.6 is 11.6 Å². The van der Waals surface area contributed by atoms with E-state index in [4.69, 9.17) is 16.3 Å². The Hall–Kier alpha value is -1.61. The number of benzene rings is 1. The van der Waals surface area contributed by atoms with E-state index in [2.05, 4.69) is 4.98 Å². The molecule has 0 saturated carbocycles. The van der Waals surface area contributed by atoms with Gasteiger partial charge >= 0.3 is 5.97 Å². The van der Waals surface area contributed by atoms with Crippen molar-refractivity contribution in [2.24, 2.45) is 0 Å². The van der Waals surface area contributed by atoms with Crippen LogP contribution in [-0.2, 0) is 4.74 Å². The summed E-state index contributed by atoms with van der Waals surface area (Å²) in [5, 5.41) is 1.36. The van der Waals surface area contributed by atoms with Gasteiger partial charge in [-0.25, -0.2) is 9.78 Å². The summed E-state index contributed by atoms with van der Waals surface area (Å²) in [7, 11) is 0. The van der Waals surface area contributed by atoms with Gasteiger partial charge in [-0.05, 0) is 32.0 Å². The minimum atomic E-state index is -0.447. The topological polar surface area (TPSA) is 39.2 Å². The number of aromatic nitrogens is 1. The predicted molar refractivity (Wildman–Crippen MR) is 67.4 cm³/mol. The lowest BCUT2D eigenvalue weighted by Crippen LogP contribution is -2.07. The van der Waals surface area contributed by atoms with E-state index >= 15 is 0 Å². The third-order valence-corrected chi connectivity index (χ3v) is 2.71. The van der Waals surface area contributed by atoms with Crippen molar-refractivity contribution in [1.29, 1.82) is 0 Å². The maximum atomic E-state index is 11.6. The van der Waals surface area contributed by atoms with Crippen LogP contribution in [0.15, 0.2) is 24.3 Å². The summed E-state index contributed by atoms with van der Waals surface area (Å²) in [6.07, 6.45) is 0. The molecule has 17 heavy (non-hydrogen) atoms. The van der Waals surface area contributed by atoms with E-state index in [1.807, 2.05) is 25.1 Å². The molecule has 1 aromatic heterocycles. The molecule has 0 radical (unpaired) electrons.